The van der Waals surface area contributed by atoms with Crippen molar-refractivity contribution in [2.24, 2.45) is 0 Å². The Bertz CT molecular complexity index is 734. The smallest absolute Gasteiger partial charge is 0.203 e. The van der Waals surface area contributed by atoms with Crippen LogP contribution >= 0.6 is 0 Å². The summed E-state index contributed by atoms with van der Waals surface area (Å²) in [4.78, 5) is 12.3. The van der Waals surface area contributed by atoms with Crippen molar-refractivity contribution in [2.45, 2.75) is 0 Å². The number of carbonyl (C=O) groups is 1. The first-order chi connectivity index (χ1) is 11.1. The molecule has 23 heavy (non-hydrogen) atoms. The van der Waals surface area contributed by atoms with Gasteiger partial charge in [0, 0.05) is 0 Å². The van der Waals surface area contributed by atoms with Crippen LogP contribution in [0.2, 0.25) is 0 Å². The molecule has 0 aromatic heterocycles. The Kier molecular flexibility index (Phi) is 5.25. The number of phenols is 1. The third-order valence-corrected chi connectivity index (χ3v) is 3.31. The molecule has 120 valence electrons. The zero-order valence-electron chi connectivity index (χ0n) is 13.2. The van der Waals surface area contributed by atoms with E-state index in [0.717, 1.165) is 5.56 Å². The molecule has 2 aromatic carbocycles. The lowest BCUT2D eigenvalue weighted by Crippen LogP contribution is -1.99. The van der Waals surface area contributed by atoms with Gasteiger partial charge in [0.2, 0.25) is 5.75 Å². The van der Waals surface area contributed by atoms with E-state index in [9.17, 15) is 9.90 Å². The molecule has 0 radical (unpaired) electrons. The second kappa shape index (κ2) is 7.35. The van der Waals surface area contributed by atoms with Crippen LogP contribution in [-0.2, 0) is 0 Å². The van der Waals surface area contributed by atoms with Crippen molar-refractivity contribution < 1.29 is 24.1 Å². The average molecular weight is 314 g/mol. The van der Waals surface area contributed by atoms with Gasteiger partial charge in [0.05, 0.1) is 26.9 Å². The standard InChI is InChI=1S/C18H18O5/c1-21-13-6-4-5-12(11-13)7-9-15(19)14-8-10-16(22-2)18(23-3)17(14)20/h4-11,20H,1-3H3. The summed E-state index contributed by atoms with van der Waals surface area (Å²) in [6.07, 6.45) is 3.04. The van der Waals surface area contributed by atoms with Gasteiger partial charge < -0.3 is 19.3 Å². The summed E-state index contributed by atoms with van der Waals surface area (Å²) in [6, 6.07) is 10.4. The van der Waals surface area contributed by atoms with Crippen LogP contribution < -0.4 is 14.2 Å². The number of phenolic OH excluding ortho intramolecular Hbond substituents is 1. The van der Waals surface area contributed by atoms with Crippen molar-refractivity contribution in [3.8, 4) is 23.0 Å². The van der Waals surface area contributed by atoms with Crippen LogP contribution in [0.15, 0.2) is 42.5 Å². The van der Waals surface area contributed by atoms with E-state index in [1.807, 2.05) is 18.2 Å². The van der Waals surface area contributed by atoms with Gasteiger partial charge in [-0.1, -0.05) is 18.2 Å². The van der Waals surface area contributed by atoms with Crippen molar-refractivity contribution in [1.82, 2.24) is 0 Å². The molecule has 5 nitrogen and oxygen atoms in total. The number of benzene rings is 2. The largest absolute Gasteiger partial charge is 0.504 e. The summed E-state index contributed by atoms with van der Waals surface area (Å²) in [5.41, 5.74) is 0.958. The zero-order valence-corrected chi connectivity index (χ0v) is 13.2. The highest BCUT2D eigenvalue weighted by Crippen LogP contribution is 2.39. The first kappa shape index (κ1) is 16.4. The van der Waals surface area contributed by atoms with Gasteiger partial charge in [-0.15, -0.1) is 0 Å². The number of hydrogen-bond donors (Lipinski definition) is 1. The Labute approximate surface area is 134 Å². The second-order valence-electron chi connectivity index (χ2n) is 4.67. The van der Waals surface area contributed by atoms with Gasteiger partial charge in [0.15, 0.2) is 17.3 Å². The van der Waals surface area contributed by atoms with Crippen LogP contribution in [0, 0.1) is 0 Å². The predicted octanol–water partition coefficient (Wildman–Crippen LogP) is 3.31. The van der Waals surface area contributed by atoms with Crippen molar-refractivity contribution in [1.29, 1.82) is 0 Å². The molecule has 0 unspecified atom stereocenters. The summed E-state index contributed by atoms with van der Waals surface area (Å²) in [7, 11) is 4.44. The molecule has 0 bridgehead atoms. The van der Waals surface area contributed by atoms with E-state index in [-0.39, 0.29) is 22.8 Å². The average Bonchev–Trinajstić information content (AvgIpc) is 2.59. The fourth-order valence-corrected chi connectivity index (χ4v) is 2.12. The highest BCUT2D eigenvalue weighted by molar-refractivity contribution is 6.09. The number of methoxy groups -OCH3 is 3. The van der Waals surface area contributed by atoms with E-state index in [4.69, 9.17) is 14.2 Å². The number of rotatable bonds is 6. The fraction of sp³-hybridized carbons (Fsp3) is 0.167. The zero-order chi connectivity index (χ0) is 16.8. The number of ether oxygens (including phenoxy) is 3. The minimum atomic E-state index is -0.341. The molecule has 2 rings (SSSR count). The summed E-state index contributed by atoms with van der Waals surface area (Å²) >= 11 is 0. The lowest BCUT2D eigenvalue weighted by Gasteiger charge is -2.11. The molecule has 0 aliphatic carbocycles. The van der Waals surface area contributed by atoms with Gasteiger partial charge in [0.25, 0.3) is 0 Å². The lowest BCUT2D eigenvalue weighted by molar-refractivity contribution is 0.104. The van der Waals surface area contributed by atoms with Gasteiger partial charge in [0.1, 0.15) is 5.75 Å². The van der Waals surface area contributed by atoms with Gasteiger partial charge in [-0.05, 0) is 35.9 Å². The Morgan fingerprint density at radius 2 is 1.83 bits per heavy atom. The minimum Gasteiger partial charge on any atom is -0.504 e. The van der Waals surface area contributed by atoms with Crippen LogP contribution in [0.1, 0.15) is 15.9 Å². The van der Waals surface area contributed by atoms with Crippen molar-refractivity contribution >= 4 is 11.9 Å². The molecule has 5 heteroatoms. The summed E-state index contributed by atoms with van der Waals surface area (Å²) in [5, 5.41) is 10.2. The molecule has 0 spiro atoms. The Morgan fingerprint density at radius 3 is 2.48 bits per heavy atom. The van der Waals surface area contributed by atoms with Crippen molar-refractivity contribution in [3.05, 3.63) is 53.6 Å². The van der Waals surface area contributed by atoms with Crippen LogP contribution in [0.5, 0.6) is 23.0 Å². The van der Waals surface area contributed by atoms with Gasteiger partial charge in [-0.3, -0.25) is 4.79 Å². The van der Waals surface area contributed by atoms with Crippen LogP contribution in [0.25, 0.3) is 6.08 Å². The normalized spacial score (nSPS) is 10.6. The summed E-state index contributed by atoms with van der Waals surface area (Å²) in [5.74, 6) is 0.610. The van der Waals surface area contributed by atoms with Crippen molar-refractivity contribution in [3.63, 3.8) is 0 Å². The van der Waals surface area contributed by atoms with E-state index in [0.29, 0.717) is 11.5 Å². The predicted molar refractivity (Wildman–Crippen MR) is 87.6 cm³/mol. The fourth-order valence-electron chi connectivity index (χ4n) is 2.12. The SMILES string of the molecule is COc1cccc(C=CC(=O)c2ccc(OC)c(OC)c2O)c1. The van der Waals surface area contributed by atoms with Crippen LogP contribution in [-0.4, -0.2) is 32.2 Å². The lowest BCUT2D eigenvalue weighted by atomic mass is 10.1. The second-order valence-corrected chi connectivity index (χ2v) is 4.67. The summed E-state index contributed by atoms with van der Waals surface area (Å²) < 4.78 is 15.3. The quantitative estimate of drug-likeness (QED) is 0.654. The molecule has 2 aromatic rings. The number of allylic oxidation sites excluding steroid dienone is 1. The van der Waals surface area contributed by atoms with E-state index in [1.165, 1.54) is 26.4 Å². The molecule has 0 amide bonds. The monoisotopic (exact) mass is 314 g/mol. The molecule has 0 atom stereocenters. The Morgan fingerprint density at radius 1 is 1.04 bits per heavy atom. The molecule has 0 fully saturated rings. The highest BCUT2D eigenvalue weighted by Gasteiger charge is 2.17. The molecule has 0 saturated carbocycles. The highest BCUT2D eigenvalue weighted by atomic mass is 16.5. The number of carbonyl (C=O) groups excluding carboxylic acids is 1. The van der Waals surface area contributed by atoms with E-state index in [1.54, 1.807) is 25.3 Å². The molecule has 0 heterocycles. The maximum Gasteiger partial charge on any atom is 0.203 e. The molecule has 1 N–H and O–H groups in total. The number of ketones is 1. The Hall–Kier alpha value is -2.95. The third-order valence-electron chi connectivity index (χ3n) is 3.31. The molecular formula is C18H18O5. The molecule has 0 aliphatic heterocycles. The van der Waals surface area contributed by atoms with Gasteiger partial charge in [-0.2, -0.15) is 0 Å². The topological polar surface area (TPSA) is 65.0 Å². The van der Waals surface area contributed by atoms with Crippen LogP contribution in [0.4, 0.5) is 0 Å². The maximum atomic E-state index is 12.3. The molecular weight excluding hydrogens is 296 g/mol. The first-order valence-electron chi connectivity index (χ1n) is 6.91. The van der Waals surface area contributed by atoms with E-state index >= 15 is 0 Å². The minimum absolute atomic E-state index is 0.133. The number of aromatic hydroxyl groups is 1. The molecule has 0 saturated heterocycles. The Balaban J connectivity index is 2.28. The number of hydrogen-bond acceptors (Lipinski definition) is 5. The van der Waals surface area contributed by atoms with E-state index < -0.39 is 0 Å². The third kappa shape index (κ3) is 3.63. The van der Waals surface area contributed by atoms with Gasteiger partial charge >= 0.3 is 0 Å². The first-order valence-corrected chi connectivity index (χ1v) is 6.91. The maximum absolute atomic E-state index is 12.3. The molecule has 0 aliphatic rings. The van der Waals surface area contributed by atoms with Gasteiger partial charge in [-0.25, -0.2) is 0 Å². The van der Waals surface area contributed by atoms with E-state index in [2.05, 4.69) is 0 Å². The van der Waals surface area contributed by atoms with Crippen molar-refractivity contribution in [2.75, 3.05) is 21.3 Å². The van der Waals surface area contributed by atoms with Crippen LogP contribution in [0.3, 0.4) is 0 Å². The summed E-state index contributed by atoms with van der Waals surface area (Å²) in [6.45, 7) is 0.